The summed E-state index contributed by atoms with van der Waals surface area (Å²) in [4.78, 5) is 4.85. The zero-order chi connectivity index (χ0) is 21.4. The van der Waals surface area contributed by atoms with Gasteiger partial charge in [0.05, 0.1) is 17.1 Å². The fourth-order valence-corrected chi connectivity index (χ4v) is 4.35. The van der Waals surface area contributed by atoms with Crippen molar-refractivity contribution in [3.8, 4) is 11.1 Å². The maximum Gasteiger partial charge on any atom is 0.100 e. The third-order valence-electron chi connectivity index (χ3n) is 6.05. The molecule has 2 heteroatoms. The second-order valence-corrected chi connectivity index (χ2v) is 9.17. The van der Waals surface area contributed by atoms with E-state index in [-0.39, 0.29) is 5.41 Å². The molecule has 0 atom stereocenters. The van der Waals surface area contributed by atoms with Gasteiger partial charge in [-0.05, 0) is 46.9 Å². The summed E-state index contributed by atoms with van der Waals surface area (Å²) < 4.78 is 0. The van der Waals surface area contributed by atoms with Gasteiger partial charge in [-0.1, -0.05) is 93.6 Å². The van der Waals surface area contributed by atoms with Crippen molar-refractivity contribution in [1.82, 2.24) is 0 Å². The number of benzene rings is 4. The largest absolute Gasteiger partial charge is 0.321 e. The summed E-state index contributed by atoms with van der Waals surface area (Å²) in [5, 5.41) is 0. The Morgan fingerprint density at radius 2 is 1.19 bits per heavy atom. The highest BCUT2D eigenvalue weighted by Crippen LogP contribution is 2.46. The fraction of sp³-hybridized carbons (Fsp3) is 0.172. The predicted octanol–water partition coefficient (Wildman–Crippen LogP) is 7.90. The maximum absolute atomic E-state index is 2.43. The van der Waals surface area contributed by atoms with Gasteiger partial charge in [0, 0.05) is 11.3 Å². The first kappa shape index (κ1) is 19.4. The summed E-state index contributed by atoms with van der Waals surface area (Å²) in [6, 6.07) is 37.0. The van der Waals surface area contributed by atoms with E-state index in [1.165, 1.54) is 39.4 Å². The van der Waals surface area contributed by atoms with Crippen LogP contribution in [0.15, 0.2) is 103 Å². The number of rotatable bonds is 3. The van der Waals surface area contributed by atoms with Gasteiger partial charge in [0.2, 0.25) is 0 Å². The molecule has 0 saturated carbocycles. The average molecular weight is 405 g/mol. The number of para-hydroxylation sites is 3. The van der Waals surface area contributed by atoms with Crippen LogP contribution < -0.4 is 9.80 Å². The Labute approximate surface area is 185 Å². The molecule has 5 rings (SSSR count). The molecule has 31 heavy (non-hydrogen) atoms. The van der Waals surface area contributed by atoms with Crippen molar-refractivity contribution in [2.45, 2.75) is 26.2 Å². The lowest BCUT2D eigenvalue weighted by molar-refractivity contribution is 0.590. The topological polar surface area (TPSA) is 6.48 Å². The van der Waals surface area contributed by atoms with E-state index in [0.29, 0.717) is 0 Å². The van der Waals surface area contributed by atoms with Gasteiger partial charge in [-0.25, -0.2) is 0 Å². The Morgan fingerprint density at radius 1 is 0.581 bits per heavy atom. The second-order valence-electron chi connectivity index (χ2n) is 9.17. The van der Waals surface area contributed by atoms with E-state index in [1.54, 1.807) is 0 Å². The zero-order valence-electron chi connectivity index (χ0n) is 18.4. The van der Waals surface area contributed by atoms with E-state index < -0.39 is 0 Å². The molecule has 0 unspecified atom stereocenters. The molecule has 0 aliphatic carbocycles. The van der Waals surface area contributed by atoms with Gasteiger partial charge in [-0.15, -0.1) is 0 Å². The second kappa shape index (κ2) is 7.63. The van der Waals surface area contributed by atoms with E-state index in [2.05, 4.69) is 134 Å². The highest BCUT2D eigenvalue weighted by atomic mass is 15.4. The molecule has 0 aromatic heterocycles. The van der Waals surface area contributed by atoms with E-state index in [0.717, 1.165) is 6.67 Å². The lowest BCUT2D eigenvalue weighted by atomic mass is 9.87. The van der Waals surface area contributed by atoms with Crippen LogP contribution in [0.1, 0.15) is 26.3 Å². The number of anilines is 4. The van der Waals surface area contributed by atoms with E-state index in [1.807, 2.05) is 0 Å². The average Bonchev–Trinajstić information content (AvgIpc) is 3.19. The summed E-state index contributed by atoms with van der Waals surface area (Å²) in [5.74, 6) is 0. The maximum atomic E-state index is 2.43. The van der Waals surface area contributed by atoms with Crippen molar-refractivity contribution in [1.29, 1.82) is 0 Å². The zero-order valence-corrected chi connectivity index (χ0v) is 18.4. The molecular weight excluding hydrogens is 376 g/mol. The molecule has 0 amide bonds. The highest BCUT2D eigenvalue weighted by molar-refractivity contribution is 5.91. The summed E-state index contributed by atoms with van der Waals surface area (Å²) in [7, 11) is 0. The molecule has 1 aliphatic rings. The smallest absolute Gasteiger partial charge is 0.100 e. The Morgan fingerprint density at radius 3 is 1.90 bits per heavy atom. The Balaban J connectivity index is 1.61. The summed E-state index contributed by atoms with van der Waals surface area (Å²) >= 11 is 0. The van der Waals surface area contributed by atoms with Crippen LogP contribution in [-0.2, 0) is 5.41 Å². The van der Waals surface area contributed by atoms with Crippen LogP contribution in [-0.4, -0.2) is 6.67 Å². The van der Waals surface area contributed by atoms with Gasteiger partial charge < -0.3 is 9.80 Å². The third kappa shape index (κ3) is 3.59. The number of nitrogens with zero attached hydrogens (tertiary/aromatic N) is 2. The first-order chi connectivity index (χ1) is 15.0. The molecule has 4 aromatic rings. The van der Waals surface area contributed by atoms with Crippen LogP contribution in [0, 0.1) is 0 Å². The minimum atomic E-state index is 0.120. The highest BCUT2D eigenvalue weighted by Gasteiger charge is 2.29. The summed E-state index contributed by atoms with van der Waals surface area (Å²) in [6.07, 6.45) is 0. The third-order valence-corrected chi connectivity index (χ3v) is 6.05. The van der Waals surface area contributed by atoms with Crippen molar-refractivity contribution >= 4 is 22.7 Å². The Bertz CT molecular complexity index is 1200. The minimum Gasteiger partial charge on any atom is -0.321 e. The van der Waals surface area contributed by atoms with Crippen LogP contribution in [0.3, 0.4) is 0 Å². The molecule has 1 heterocycles. The molecule has 0 spiro atoms. The molecule has 154 valence electrons. The van der Waals surface area contributed by atoms with E-state index in [9.17, 15) is 0 Å². The molecule has 4 aromatic carbocycles. The Kier molecular flexibility index (Phi) is 4.78. The number of fused-ring (bicyclic) bond motifs is 1. The molecule has 0 N–H and O–H groups in total. The van der Waals surface area contributed by atoms with Gasteiger partial charge in [-0.2, -0.15) is 0 Å². The monoisotopic (exact) mass is 404 g/mol. The van der Waals surface area contributed by atoms with Crippen LogP contribution in [0.25, 0.3) is 11.1 Å². The first-order valence-corrected chi connectivity index (χ1v) is 10.9. The van der Waals surface area contributed by atoms with Gasteiger partial charge in [0.1, 0.15) is 6.67 Å². The summed E-state index contributed by atoms with van der Waals surface area (Å²) in [5.41, 5.74) is 8.92. The fourth-order valence-electron chi connectivity index (χ4n) is 4.35. The lowest BCUT2D eigenvalue weighted by Gasteiger charge is -2.26. The van der Waals surface area contributed by atoms with Crippen molar-refractivity contribution in [3.05, 3.63) is 109 Å². The molecule has 0 radical (unpaired) electrons. The van der Waals surface area contributed by atoms with Crippen molar-refractivity contribution < 1.29 is 0 Å². The van der Waals surface area contributed by atoms with Crippen LogP contribution in [0.2, 0.25) is 0 Å². The predicted molar refractivity (Wildman–Crippen MR) is 133 cm³/mol. The SMILES string of the molecule is CC(C)(C)c1cccc(N2CN(c3ccccc3-c3ccccc3)c3ccccc32)c1. The first-order valence-electron chi connectivity index (χ1n) is 10.9. The summed E-state index contributed by atoms with van der Waals surface area (Å²) in [6.45, 7) is 7.60. The number of hydrogen-bond acceptors (Lipinski definition) is 2. The molecule has 1 aliphatic heterocycles. The lowest BCUT2D eigenvalue weighted by Crippen LogP contribution is -2.24. The van der Waals surface area contributed by atoms with Crippen LogP contribution in [0.4, 0.5) is 22.7 Å². The van der Waals surface area contributed by atoms with Crippen molar-refractivity contribution in [3.63, 3.8) is 0 Å². The van der Waals surface area contributed by atoms with Gasteiger partial charge in [-0.3, -0.25) is 0 Å². The molecule has 0 fully saturated rings. The van der Waals surface area contributed by atoms with Gasteiger partial charge in [0.15, 0.2) is 0 Å². The van der Waals surface area contributed by atoms with Crippen LogP contribution >= 0.6 is 0 Å². The van der Waals surface area contributed by atoms with Crippen LogP contribution in [0.5, 0.6) is 0 Å². The molecule has 0 saturated heterocycles. The van der Waals surface area contributed by atoms with E-state index >= 15 is 0 Å². The van der Waals surface area contributed by atoms with Gasteiger partial charge >= 0.3 is 0 Å². The minimum absolute atomic E-state index is 0.120. The molecule has 0 bridgehead atoms. The standard InChI is InChI=1S/C29H28N2/c1-29(2,3)23-14-11-15-24(20-23)30-21-31(28-19-10-9-18-27(28)30)26-17-8-7-16-25(26)22-12-5-4-6-13-22/h4-20H,21H2,1-3H3. The Hall–Kier alpha value is -3.52. The van der Waals surface area contributed by atoms with Gasteiger partial charge in [0.25, 0.3) is 0 Å². The number of hydrogen-bond donors (Lipinski definition) is 0. The molecule has 2 nitrogen and oxygen atoms in total. The normalized spacial score (nSPS) is 13.4. The quantitative estimate of drug-likeness (QED) is 0.342. The van der Waals surface area contributed by atoms with Crippen molar-refractivity contribution in [2.75, 3.05) is 16.5 Å². The van der Waals surface area contributed by atoms with E-state index in [4.69, 9.17) is 0 Å². The molecular formula is C29H28N2. The van der Waals surface area contributed by atoms with Crippen molar-refractivity contribution in [2.24, 2.45) is 0 Å².